The van der Waals surface area contributed by atoms with Crippen molar-refractivity contribution in [2.75, 3.05) is 31.1 Å². The van der Waals surface area contributed by atoms with Crippen molar-refractivity contribution in [2.45, 2.75) is 18.5 Å². The summed E-state index contributed by atoms with van der Waals surface area (Å²) >= 11 is 6.27. The number of halogens is 1. The molecule has 0 unspecified atom stereocenters. The highest BCUT2D eigenvalue weighted by Crippen LogP contribution is 2.33. The molecular weight excluding hydrogens is 434 g/mol. The summed E-state index contributed by atoms with van der Waals surface area (Å²) in [6.45, 7) is 3.10. The molecule has 1 atom stereocenters. The predicted octanol–water partition coefficient (Wildman–Crippen LogP) is 4.38. The molecule has 3 aromatic rings. The summed E-state index contributed by atoms with van der Waals surface area (Å²) in [6.07, 6.45) is 0.199. The summed E-state index contributed by atoms with van der Waals surface area (Å²) in [6, 6.07) is 27.8. The molecule has 168 valence electrons. The van der Waals surface area contributed by atoms with E-state index in [-0.39, 0.29) is 24.3 Å². The zero-order chi connectivity index (χ0) is 22.8. The van der Waals surface area contributed by atoms with E-state index in [1.807, 2.05) is 12.1 Å². The number of amides is 2. The fourth-order valence-electron chi connectivity index (χ4n) is 4.98. The Bertz CT molecular complexity index is 1090. The lowest BCUT2D eigenvalue weighted by Gasteiger charge is -2.41. The van der Waals surface area contributed by atoms with Crippen LogP contribution in [0.2, 0.25) is 5.02 Å². The Labute approximate surface area is 199 Å². The standard InChI is InChI=1S/C27H26ClN3O2/c28-22-13-7-8-14-23(22)31-25(32)19-24(27(31)33)29-15-17-30(18-16-29)26(20-9-3-1-4-10-20)21-11-5-2-6-12-21/h1-14,24,26H,15-19H2/t24-/m1/s1. The number of nitrogens with zero attached hydrogens (tertiary/aromatic N) is 3. The van der Waals surface area contributed by atoms with Gasteiger partial charge in [-0.15, -0.1) is 0 Å². The van der Waals surface area contributed by atoms with Crippen LogP contribution in [-0.2, 0) is 9.59 Å². The van der Waals surface area contributed by atoms with Crippen molar-refractivity contribution < 1.29 is 9.59 Å². The van der Waals surface area contributed by atoms with Crippen LogP contribution in [0.25, 0.3) is 0 Å². The van der Waals surface area contributed by atoms with Crippen molar-refractivity contribution in [3.05, 3.63) is 101 Å². The summed E-state index contributed by atoms with van der Waals surface area (Å²) in [5, 5.41) is 0.415. The van der Waals surface area contributed by atoms with Crippen molar-refractivity contribution in [2.24, 2.45) is 0 Å². The molecule has 2 fully saturated rings. The highest BCUT2D eigenvalue weighted by molar-refractivity contribution is 6.36. The maximum absolute atomic E-state index is 13.2. The van der Waals surface area contributed by atoms with E-state index in [9.17, 15) is 9.59 Å². The average molecular weight is 460 g/mol. The molecule has 2 saturated heterocycles. The van der Waals surface area contributed by atoms with Crippen LogP contribution in [0.5, 0.6) is 0 Å². The van der Waals surface area contributed by atoms with Crippen LogP contribution < -0.4 is 4.90 Å². The van der Waals surface area contributed by atoms with Crippen molar-refractivity contribution in [1.29, 1.82) is 0 Å². The van der Waals surface area contributed by atoms with Gasteiger partial charge in [0.1, 0.15) is 0 Å². The van der Waals surface area contributed by atoms with Crippen LogP contribution in [0.15, 0.2) is 84.9 Å². The first kappa shape index (κ1) is 21.8. The molecule has 5 rings (SSSR count). The van der Waals surface area contributed by atoms with E-state index in [0.717, 1.165) is 26.2 Å². The summed E-state index contributed by atoms with van der Waals surface area (Å²) in [5.41, 5.74) is 2.99. The minimum Gasteiger partial charge on any atom is -0.290 e. The van der Waals surface area contributed by atoms with Gasteiger partial charge in [0.05, 0.1) is 29.2 Å². The third-order valence-corrected chi connectivity index (χ3v) is 6.92. The van der Waals surface area contributed by atoms with E-state index in [2.05, 4.69) is 58.3 Å². The molecule has 5 nitrogen and oxygen atoms in total. The number of para-hydroxylation sites is 1. The lowest BCUT2D eigenvalue weighted by molar-refractivity contribution is -0.123. The molecule has 33 heavy (non-hydrogen) atoms. The summed E-state index contributed by atoms with van der Waals surface area (Å²) in [7, 11) is 0. The summed E-state index contributed by atoms with van der Waals surface area (Å²) in [4.78, 5) is 31.8. The first-order valence-electron chi connectivity index (χ1n) is 11.3. The van der Waals surface area contributed by atoms with Crippen LogP contribution in [-0.4, -0.2) is 53.8 Å². The highest BCUT2D eigenvalue weighted by atomic mass is 35.5. The minimum absolute atomic E-state index is 0.162. The van der Waals surface area contributed by atoms with Gasteiger partial charge in [0.15, 0.2) is 0 Å². The molecule has 0 spiro atoms. The molecule has 0 bridgehead atoms. The Morgan fingerprint density at radius 1 is 0.727 bits per heavy atom. The third kappa shape index (κ3) is 4.32. The molecule has 0 radical (unpaired) electrons. The fourth-order valence-corrected chi connectivity index (χ4v) is 5.20. The van der Waals surface area contributed by atoms with Gasteiger partial charge < -0.3 is 0 Å². The smallest absolute Gasteiger partial charge is 0.251 e. The topological polar surface area (TPSA) is 43.9 Å². The molecule has 0 N–H and O–H groups in total. The average Bonchev–Trinajstić information content (AvgIpc) is 3.15. The number of anilines is 1. The maximum atomic E-state index is 13.2. The van der Waals surface area contributed by atoms with Crippen LogP contribution in [0, 0.1) is 0 Å². The molecular formula is C27H26ClN3O2. The van der Waals surface area contributed by atoms with Crippen LogP contribution in [0.4, 0.5) is 5.69 Å². The SMILES string of the molecule is O=C1C[C@@H](N2CCN(C(c3ccccc3)c3ccccc3)CC2)C(=O)N1c1ccccc1Cl. The van der Waals surface area contributed by atoms with E-state index >= 15 is 0 Å². The van der Waals surface area contributed by atoms with Crippen LogP contribution in [0.1, 0.15) is 23.6 Å². The maximum Gasteiger partial charge on any atom is 0.251 e. The van der Waals surface area contributed by atoms with Gasteiger partial charge in [-0.25, -0.2) is 4.90 Å². The number of hydrogen-bond donors (Lipinski definition) is 0. The van der Waals surface area contributed by atoms with E-state index in [4.69, 9.17) is 11.6 Å². The number of piperazine rings is 1. The van der Waals surface area contributed by atoms with Crippen LogP contribution >= 0.6 is 11.6 Å². The Morgan fingerprint density at radius 3 is 1.85 bits per heavy atom. The van der Waals surface area contributed by atoms with Gasteiger partial charge >= 0.3 is 0 Å². The summed E-state index contributed by atoms with van der Waals surface area (Å²) in [5.74, 6) is -0.365. The third-order valence-electron chi connectivity index (χ3n) is 6.60. The lowest BCUT2D eigenvalue weighted by atomic mass is 9.96. The number of hydrogen-bond acceptors (Lipinski definition) is 4. The van der Waals surface area contributed by atoms with Crippen molar-refractivity contribution in [3.8, 4) is 0 Å². The van der Waals surface area contributed by atoms with Gasteiger partial charge in [0.25, 0.3) is 5.91 Å². The predicted molar refractivity (Wildman–Crippen MR) is 130 cm³/mol. The van der Waals surface area contributed by atoms with E-state index < -0.39 is 6.04 Å². The van der Waals surface area contributed by atoms with Crippen molar-refractivity contribution >= 4 is 29.1 Å². The second-order valence-electron chi connectivity index (χ2n) is 8.53. The minimum atomic E-state index is -0.428. The second-order valence-corrected chi connectivity index (χ2v) is 8.94. The number of carbonyl (C=O) groups is 2. The Balaban J connectivity index is 1.32. The number of imide groups is 1. The summed E-state index contributed by atoms with van der Waals surface area (Å²) < 4.78 is 0. The molecule has 6 heteroatoms. The Kier molecular flexibility index (Phi) is 6.27. The molecule has 0 saturated carbocycles. The largest absolute Gasteiger partial charge is 0.290 e. The van der Waals surface area contributed by atoms with Crippen molar-refractivity contribution in [3.63, 3.8) is 0 Å². The Hall–Kier alpha value is -2.99. The molecule has 2 aliphatic rings. The van der Waals surface area contributed by atoms with E-state index in [1.165, 1.54) is 16.0 Å². The first-order valence-corrected chi connectivity index (χ1v) is 11.7. The van der Waals surface area contributed by atoms with Gasteiger partial charge in [-0.05, 0) is 23.3 Å². The monoisotopic (exact) mass is 459 g/mol. The molecule has 0 aromatic heterocycles. The van der Waals surface area contributed by atoms with Gasteiger partial charge in [0, 0.05) is 26.2 Å². The molecule has 3 aromatic carbocycles. The quantitative estimate of drug-likeness (QED) is 0.531. The van der Waals surface area contributed by atoms with Gasteiger partial charge in [-0.3, -0.25) is 19.4 Å². The van der Waals surface area contributed by atoms with Crippen molar-refractivity contribution in [1.82, 2.24) is 9.80 Å². The van der Waals surface area contributed by atoms with Gasteiger partial charge in [0.2, 0.25) is 5.91 Å². The normalized spacial score (nSPS) is 20.1. The molecule has 2 heterocycles. The molecule has 2 aliphatic heterocycles. The molecule has 0 aliphatic carbocycles. The van der Waals surface area contributed by atoms with Gasteiger partial charge in [-0.2, -0.15) is 0 Å². The first-order chi connectivity index (χ1) is 16.1. The Morgan fingerprint density at radius 2 is 1.27 bits per heavy atom. The second kappa shape index (κ2) is 9.48. The fraction of sp³-hybridized carbons (Fsp3) is 0.259. The number of carbonyl (C=O) groups excluding carboxylic acids is 2. The van der Waals surface area contributed by atoms with Crippen LogP contribution in [0.3, 0.4) is 0 Å². The van der Waals surface area contributed by atoms with E-state index in [1.54, 1.807) is 24.3 Å². The lowest BCUT2D eigenvalue weighted by Crippen LogP contribution is -2.53. The number of benzene rings is 3. The van der Waals surface area contributed by atoms with E-state index in [0.29, 0.717) is 10.7 Å². The highest BCUT2D eigenvalue weighted by Gasteiger charge is 2.44. The number of rotatable bonds is 5. The van der Waals surface area contributed by atoms with Gasteiger partial charge in [-0.1, -0.05) is 84.4 Å². The zero-order valence-electron chi connectivity index (χ0n) is 18.3. The zero-order valence-corrected chi connectivity index (χ0v) is 19.1. The molecule has 2 amide bonds.